The average molecular weight is 360 g/mol. The second-order valence-electron chi connectivity index (χ2n) is 6.23. The zero-order valence-corrected chi connectivity index (χ0v) is 16.5. The third kappa shape index (κ3) is 5.13. The van der Waals surface area contributed by atoms with Crippen LogP contribution in [0.4, 0.5) is 5.13 Å². The molecular formula is C20H29N3OS. The first-order valence-corrected chi connectivity index (χ1v) is 9.99. The summed E-state index contributed by atoms with van der Waals surface area (Å²) in [5, 5.41) is 6.52. The van der Waals surface area contributed by atoms with Gasteiger partial charge in [-0.05, 0) is 18.4 Å². The second-order valence-corrected chi connectivity index (χ2v) is 7.07. The highest BCUT2D eigenvalue weighted by Crippen LogP contribution is 2.28. The Labute approximate surface area is 155 Å². The van der Waals surface area contributed by atoms with Crippen LogP contribution < -0.4 is 10.2 Å². The van der Waals surface area contributed by atoms with Crippen LogP contribution in [0.3, 0.4) is 0 Å². The van der Waals surface area contributed by atoms with Crippen molar-refractivity contribution in [2.24, 2.45) is 5.92 Å². The van der Waals surface area contributed by atoms with Crippen LogP contribution in [0.25, 0.3) is 0 Å². The lowest BCUT2D eigenvalue weighted by atomic mass is 9.89. The quantitative estimate of drug-likeness (QED) is 0.700. The van der Waals surface area contributed by atoms with Crippen LogP contribution in [0.2, 0.25) is 0 Å². The van der Waals surface area contributed by atoms with E-state index in [-0.39, 0.29) is 5.91 Å². The number of carbonyl (C=O) groups is 1. The number of benzene rings is 1. The average Bonchev–Trinajstić information content (AvgIpc) is 3.08. The van der Waals surface area contributed by atoms with E-state index in [2.05, 4.69) is 54.5 Å². The Bertz CT molecular complexity index is 652. The SMILES string of the molecule is CCC(CC)C(NCc1csc(N(CC)C(C)=O)n1)c1ccccc1. The lowest BCUT2D eigenvalue weighted by Gasteiger charge is -2.27. The van der Waals surface area contributed by atoms with Gasteiger partial charge in [-0.1, -0.05) is 57.0 Å². The maximum Gasteiger partial charge on any atom is 0.225 e. The van der Waals surface area contributed by atoms with Crippen LogP contribution in [-0.4, -0.2) is 17.4 Å². The van der Waals surface area contributed by atoms with Crippen LogP contribution in [0.5, 0.6) is 0 Å². The van der Waals surface area contributed by atoms with Crippen LogP contribution in [0.1, 0.15) is 57.8 Å². The monoisotopic (exact) mass is 359 g/mol. The van der Waals surface area contributed by atoms with E-state index in [0.717, 1.165) is 23.7 Å². The molecule has 0 aliphatic rings. The Kier molecular flexibility index (Phi) is 7.59. The van der Waals surface area contributed by atoms with Gasteiger partial charge in [0, 0.05) is 31.4 Å². The summed E-state index contributed by atoms with van der Waals surface area (Å²) in [6, 6.07) is 10.9. The Hall–Kier alpha value is -1.72. The van der Waals surface area contributed by atoms with Gasteiger partial charge in [0.2, 0.25) is 5.91 Å². The van der Waals surface area contributed by atoms with Crippen molar-refractivity contribution >= 4 is 22.4 Å². The summed E-state index contributed by atoms with van der Waals surface area (Å²) in [5.74, 6) is 0.625. The van der Waals surface area contributed by atoms with E-state index in [1.54, 1.807) is 11.8 Å². The highest BCUT2D eigenvalue weighted by Gasteiger charge is 2.20. The molecule has 136 valence electrons. The van der Waals surface area contributed by atoms with Crippen molar-refractivity contribution in [3.8, 4) is 0 Å². The van der Waals surface area contributed by atoms with E-state index in [0.29, 0.717) is 25.0 Å². The largest absolute Gasteiger partial charge is 0.304 e. The van der Waals surface area contributed by atoms with Crippen LogP contribution in [0.15, 0.2) is 35.7 Å². The lowest BCUT2D eigenvalue weighted by Crippen LogP contribution is -2.29. The summed E-state index contributed by atoms with van der Waals surface area (Å²) in [5.41, 5.74) is 2.32. The van der Waals surface area contributed by atoms with Gasteiger partial charge in [-0.2, -0.15) is 0 Å². The first kappa shape index (κ1) is 19.6. The fourth-order valence-corrected chi connectivity index (χ4v) is 4.12. The minimum absolute atomic E-state index is 0.0375. The number of hydrogen-bond donors (Lipinski definition) is 1. The number of nitrogens with zero attached hydrogens (tertiary/aromatic N) is 2. The third-order valence-corrected chi connectivity index (χ3v) is 5.56. The summed E-state index contributed by atoms with van der Waals surface area (Å²) >= 11 is 1.53. The maximum atomic E-state index is 11.7. The van der Waals surface area contributed by atoms with Gasteiger partial charge in [0.15, 0.2) is 5.13 Å². The molecule has 2 rings (SSSR count). The third-order valence-electron chi connectivity index (χ3n) is 4.65. The second kappa shape index (κ2) is 9.68. The molecule has 1 unspecified atom stereocenters. The molecule has 25 heavy (non-hydrogen) atoms. The van der Waals surface area contributed by atoms with E-state index in [1.807, 2.05) is 12.3 Å². The van der Waals surface area contributed by atoms with Gasteiger partial charge in [0.05, 0.1) is 5.69 Å². The van der Waals surface area contributed by atoms with Gasteiger partial charge in [-0.3, -0.25) is 9.69 Å². The molecule has 0 radical (unpaired) electrons. The molecular weight excluding hydrogens is 330 g/mol. The molecule has 0 saturated heterocycles. The number of nitrogens with one attached hydrogen (secondary N) is 1. The number of carbonyl (C=O) groups excluding carboxylic acids is 1. The molecule has 1 aromatic heterocycles. The van der Waals surface area contributed by atoms with Gasteiger partial charge in [0.1, 0.15) is 0 Å². The molecule has 5 heteroatoms. The zero-order chi connectivity index (χ0) is 18.2. The highest BCUT2D eigenvalue weighted by atomic mass is 32.1. The number of amides is 1. The molecule has 1 amide bonds. The Balaban J connectivity index is 2.10. The van der Waals surface area contributed by atoms with Crippen LogP contribution >= 0.6 is 11.3 Å². The molecule has 1 atom stereocenters. The van der Waals surface area contributed by atoms with Crippen LogP contribution in [-0.2, 0) is 11.3 Å². The smallest absolute Gasteiger partial charge is 0.225 e. The molecule has 0 bridgehead atoms. The standard InChI is InChI=1S/C20H29N3OS/c1-5-16(6-2)19(17-11-9-8-10-12-17)21-13-18-14-25-20(22-18)23(7-3)15(4)24/h8-12,14,16,19,21H,5-7,13H2,1-4H3. The van der Waals surface area contributed by atoms with Gasteiger partial charge < -0.3 is 5.32 Å². The number of thiazole rings is 1. The molecule has 4 nitrogen and oxygen atoms in total. The minimum Gasteiger partial charge on any atom is -0.304 e. The fourth-order valence-electron chi connectivity index (χ4n) is 3.19. The van der Waals surface area contributed by atoms with Crippen molar-refractivity contribution in [2.45, 2.75) is 53.1 Å². The molecule has 0 spiro atoms. The van der Waals surface area contributed by atoms with E-state index in [1.165, 1.54) is 16.9 Å². The van der Waals surface area contributed by atoms with Crippen molar-refractivity contribution in [2.75, 3.05) is 11.4 Å². The molecule has 1 aromatic carbocycles. The predicted octanol–water partition coefficient (Wildman–Crippen LogP) is 4.78. The number of hydrogen-bond acceptors (Lipinski definition) is 4. The van der Waals surface area contributed by atoms with E-state index in [9.17, 15) is 4.79 Å². The summed E-state index contributed by atoms with van der Waals surface area (Å²) < 4.78 is 0. The maximum absolute atomic E-state index is 11.7. The fraction of sp³-hybridized carbons (Fsp3) is 0.500. The molecule has 1 heterocycles. The first-order chi connectivity index (χ1) is 12.1. The van der Waals surface area contributed by atoms with Gasteiger partial charge in [-0.15, -0.1) is 11.3 Å². The molecule has 2 aromatic rings. The lowest BCUT2D eigenvalue weighted by molar-refractivity contribution is -0.116. The number of aromatic nitrogens is 1. The van der Waals surface area contributed by atoms with Crippen molar-refractivity contribution in [1.29, 1.82) is 0 Å². The first-order valence-electron chi connectivity index (χ1n) is 9.11. The molecule has 0 fully saturated rings. The van der Waals surface area contributed by atoms with Gasteiger partial charge in [-0.25, -0.2) is 4.98 Å². The summed E-state index contributed by atoms with van der Waals surface area (Å²) in [7, 11) is 0. The van der Waals surface area contributed by atoms with Crippen LogP contribution in [0, 0.1) is 5.92 Å². The number of anilines is 1. The van der Waals surface area contributed by atoms with Gasteiger partial charge >= 0.3 is 0 Å². The molecule has 1 N–H and O–H groups in total. The van der Waals surface area contributed by atoms with Crippen molar-refractivity contribution in [3.63, 3.8) is 0 Å². The minimum atomic E-state index is 0.0375. The summed E-state index contributed by atoms with van der Waals surface area (Å²) in [6.45, 7) is 9.41. The normalized spacial score (nSPS) is 12.4. The van der Waals surface area contributed by atoms with E-state index in [4.69, 9.17) is 0 Å². The molecule has 0 aliphatic heterocycles. The van der Waals surface area contributed by atoms with E-state index < -0.39 is 0 Å². The van der Waals surface area contributed by atoms with Crippen molar-refractivity contribution in [1.82, 2.24) is 10.3 Å². The Morgan fingerprint density at radius 2 is 1.88 bits per heavy atom. The summed E-state index contributed by atoms with van der Waals surface area (Å²) in [4.78, 5) is 18.0. The highest BCUT2D eigenvalue weighted by molar-refractivity contribution is 7.14. The van der Waals surface area contributed by atoms with Gasteiger partial charge in [0.25, 0.3) is 0 Å². The van der Waals surface area contributed by atoms with Crippen molar-refractivity contribution in [3.05, 3.63) is 47.0 Å². The summed E-state index contributed by atoms with van der Waals surface area (Å²) in [6.07, 6.45) is 2.28. The predicted molar refractivity (Wildman–Crippen MR) is 106 cm³/mol. The number of rotatable bonds is 9. The van der Waals surface area contributed by atoms with E-state index >= 15 is 0 Å². The topological polar surface area (TPSA) is 45.2 Å². The van der Waals surface area contributed by atoms with Crippen molar-refractivity contribution < 1.29 is 4.79 Å². The zero-order valence-electron chi connectivity index (χ0n) is 15.7. The Morgan fingerprint density at radius 3 is 2.44 bits per heavy atom. The Morgan fingerprint density at radius 1 is 1.20 bits per heavy atom. The molecule has 0 saturated carbocycles. The molecule has 0 aliphatic carbocycles.